The molecule has 0 amide bonds. The number of nitrogens with zero attached hydrogens (tertiary/aromatic N) is 1. The molecule has 1 saturated carbocycles. The first-order chi connectivity index (χ1) is 8.40. The summed E-state index contributed by atoms with van der Waals surface area (Å²) in [5, 5.41) is 0. The average Bonchev–Trinajstić information content (AvgIpc) is 2.42. The molecule has 0 heterocycles. The summed E-state index contributed by atoms with van der Waals surface area (Å²) in [4.78, 5) is 4.64. The molecular weight excluding hydrogens is 206 g/mol. The molecule has 0 radical (unpaired) electrons. The molecule has 1 aromatic carbocycles. The summed E-state index contributed by atoms with van der Waals surface area (Å²) in [6.07, 6.45) is 7.55. The van der Waals surface area contributed by atoms with Gasteiger partial charge >= 0.3 is 0 Å². The van der Waals surface area contributed by atoms with Crippen LogP contribution in [0.25, 0.3) is 5.57 Å². The van der Waals surface area contributed by atoms with Gasteiger partial charge in [-0.2, -0.15) is 0 Å². The lowest BCUT2D eigenvalue weighted by atomic mass is 9.96. The van der Waals surface area contributed by atoms with E-state index in [1.54, 1.807) is 0 Å². The highest BCUT2D eigenvalue weighted by Crippen LogP contribution is 2.20. The van der Waals surface area contributed by atoms with Crippen LogP contribution in [0, 0.1) is 0 Å². The Morgan fingerprint density at radius 3 is 2.53 bits per heavy atom. The summed E-state index contributed by atoms with van der Waals surface area (Å²) in [5.74, 6) is 3.30. The fourth-order valence-electron chi connectivity index (χ4n) is 2.37. The smallest absolute Gasteiger partial charge is 0.0594 e. The van der Waals surface area contributed by atoms with Crippen molar-refractivity contribution in [1.29, 1.82) is 0 Å². The Morgan fingerprint density at radius 1 is 1.18 bits per heavy atom. The Kier molecular flexibility index (Phi) is 4.58. The van der Waals surface area contributed by atoms with Crippen LogP contribution in [0.4, 0.5) is 0 Å². The summed E-state index contributed by atoms with van der Waals surface area (Å²) < 4.78 is 0. The minimum atomic E-state index is 0.522. The van der Waals surface area contributed by atoms with Gasteiger partial charge in [-0.05, 0) is 30.7 Å². The summed E-state index contributed by atoms with van der Waals surface area (Å²) in [5.41, 5.74) is 2.49. The lowest BCUT2D eigenvalue weighted by Gasteiger charge is -2.16. The van der Waals surface area contributed by atoms with Crippen LogP contribution < -0.4 is 0 Å². The topological polar surface area (TPSA) is 12.4 Å². The van der Waals surface area contributed by atoms with Crippen LogP contribution in [-0.4, -0.2) is 11.9 Å². The van der Waals surface area contributed by atoms with Gasteiger partial charge in [-0.15, -0.1) is 0 Å². The van der Waals surface area contributed by atoms with Crippen molar-refractivity contribution in [2.75, 3.05) is 0 Å². The van der Waals surface area contributed by atoms with Crippen LogP contribution in [0.1, 0.15) is 51.0 Å². The van der Waals surface area contributed by atoms with Crippen molar-refractivity contribution in [2.45, 2.75) is 51.5 Å². The van der Waals surface area contributed by atoms with Gasteiger partial charge in [0.25, 0.3) is 0 Å². The third-order valence-corrected chi connectivity index (χ3v) is 3.43. The van der Waals surface area contributed by atoms with Crippen LogP contribution in [0.5, 0.6) is 0 Å². The molecule has 0 spiro atoms. The summed E-state index contributed by atoms with van der Waals surface area (Å²) in [6, 6.07) is 11.0. The SMILES string of the molecule is CCC(=C=NC1CCCCC1)c1ccccc1. The average molecular weight is 227 g/mol. The first kappa shape index (κ1) is 12.1. The van der Waals surface area contributed by atoms with E-state index in [2.05, 4.69) is 48.1 Å². The molecule has 17 heavy (non-hydrogen) atoms. The van der Waals surface area contributed by atoms with E-state index in [-0.39, 0.29) is 0 Å². The lowest BCUT2D eigenvalue weighted by Crippen LogP contribution is -2.08. The third kappa shape index (κ3) is 3.57. The van der Waals surface area contributed by atoms with Crippen molar-refractivity contribution in [3.8, 4) is 0 Å². The maximum absolute atomic E-state index is 4.64. The molecule has 0 bridgehead atoms. The van der Waals surface area contributed by atoms with Gasteiger partial charge in [0.2, 0.25) is 0 Å². The molecule has 0 atom stereocenters. The van der Waals surface area contributed by atoms with E-state index in [0.717, 1.165) is 6.42 Å². The number of hydrogen-bond acceptors (Lipinski definition) is 1. The molecule has 2 rings (SSSR count). The van der Waals surface area contributed by atoms with E-state index in [1.807, 2.05) is 0 Å². The maximum Gasteiger partial charge on any atom is 0.0594 e. The molecule has 1 heteroatoms. The highest BCUT2D eigenvalue weighted by atomic mass is 14.8. The van der Waals surface area contributed by atoms with E-state index in [0.29, 0.717) is 6.04 Å². The molecular formula is C16H21N. The molecule has 1 fully saturated rings. The molecule has 0 unspecified atom stereocenters. The Labute approximate surface area is 104 Å². The molecule has 1 aromatic rings. The first-order valence-electron chi connectivity index (χ1n) is 6.77. The van der Waals surface area contributed by atoms with Crippen LogP contribution in [0.2, 0.25) is 0 Å². The van der Waals surface area contributed by atoms with E-state index in [4.69, 9.17) is 0 Å². The fourth-order valence-corrected chi connectivity index (χ4v) is 2.37. The number of benzene rings is 1. The van der Waals surface area contributed by atoms with E-state index < -0.39 is 0 Å². The van der Waals surface area contributed by atoms with Gasteiger partial charge < -0.3 is 0 Å². The molecule has 1 aliphatic rings. The van der Waals surface area contributed by atoms with Crippen LogP contribution >= 0.6 is 0 Å². The standard InChI is InChI=1S/C16H21N/c1-2-14(15-9-5-3-6-10-15)13-17-16-11-7-4-8-12-16/h3,5-6,9-10,16H,2,4,7-8,11-12H2,1H3. The van der Waals surface area contributed by atoms with Gasteiger partial charge in [0.15, 0.2) is 0 Å². The zero-order chi connectivity index (χ0) is 11.9. The normalized spacial score (nSPS) is 16.3. The highest BCUT2D eigenvalue weighted by molar-refractivity contribution is 5.89. The zero-order valence-electron chi connectivity index (χ0n) is 10.7. The largest absolute Gasteiger partial charge is 0.239 e. The monoisotopic (exact) mass is 227 g/mol. The van der Waals surface area contributed by atoms with E-state index in [1.165, 1.54) is 43.2 Å². The number of allylic oxidation sites excluding steroid dienone is 1. The maximum atomic E-state index is 4.64. The third-order valence-electron chi connectivity index (χ3n) is 3.43. The van der Waals surface area contributed by atoms with Crippen molar-refractivity contribution in [3.63, 3.8) is 0 Å². The second-order valence-electron chi connectivity index (χ2n) is 4.73. The van der Waals surface area contributed by atoms with Crippen LogP contribution in [0.3, 0.4) is 0 Å². The van der Waals surface area contributed by atoms with Gasteiger partial charge in [-0.25, -0.2) is 4.99 Å². The predicted octanol–water partition coefficient (Wildman–Crippen LogP) is 4.48. The second-order valence-corrected chi connectivity index (χ2v) is 4.73. The quantitative estimate of drug-likeness (QED) is 0.675. The molecule has 0 saturated heterocycles. The molecule has 0 aromatic heterocycles. The Bertz CT molecular complexity index is 393. The predicted molar refractivity (Wildman–Crippen MR) is 74.4 cm³/mol. The fraction of sp³-hybridized carbons (Fsp3) is 0.500. The first-order valence-corrected chi connectivity index (χ1v) is 6.77. The highest BCUT2D eigenvalue weighted by Gasteiger charge is 2.10. The molecule has 1 aliphatic carbocycles. The van der Waals surface area contributed by atoms with Crippen LogP contribution in [0.15, 0.2) is 35.3 Å². The minimum absolute atomic E-state index is 0.522. The van der Waals surface area contributed by atoms with Gasteiger partial charge in [0.05, 0.1) is 6.04 Å². The summed E-state index contributed by atoms with van der Waals surface area (Å²) >= 11 is 0. The van der Waals surface area contributed by atoms with Crippen LogP contribution in [-0.2, 0) is 0 Å². The Morgan fingerprint density at radius 2 is 1.88 bits per heavy atom. The van der Waals surface area contributed by atoms with Crippen molar-refractivity contribution in [1.82, 2.24) is 0 Å². The number of aliphatic imine (C=N–C) groups is 1. The van der Waals surface area contributed by atoms with Crippen molar-refractivity contribution >= 4 is 11.4 Å². The van der Waals surface area contributed by atoms with Gasteiger partial charge in [-0.3, -0.25) is 0 Å². The van der Waals surface area contributed by atoms with Crippen molar-refractivity contribution < 1.29 is 0 Å². The molecule has 1 nitrogen and oxygen atoms in total. The summed E-state index contributed by atoms with van der Waals surface area (Å²) in [7, 11) is 0. The van der Waals surface area contributed by atoms with Gasteiger partial charge in [0, 0.05) is 5.57 Å². The zero-order valence-corrected chi connectivity index (χ0v) is 10.7. The lowest BCUT2D eigenvalue weighted by molar-refractivity contribution is 0.445. The van der Waals surface area contributed by atoms with Gasteiger partial charge in [0.1, 0.15) is 0 Å². The number of rotatable bonds is 3. The summed E-state index contributed by atoms with van der Waals surface area (Å²) in [6.45, 7) is 2.17. The Balaban J connectivity index is 2.14. The van der Waals surface area contributed by atoms with E-state index in [9.17, 15) is 0 Å². The Hall–Kier alpha value is -1.33. The van der Waals surface area contributed by atoms with E-state index >= 15 is 0 Å². The van der Waals surface area contributed by atoms with Crippen molar-refractivity contribution in [2.24, 2.45) is 4.99 Å². The minimum Gasteiger partial charge on any atom is -0.239 e. The molecule has 0 N–H and O–H groups in total. The second kappa shape index (κ2) is 6.42. The van der Waals surface area contributed by atoms with Gasteiger partial charge in [-0.1, -0.05) is 56.5 Å². The number of hydrogen-bond donors (Lipinski definition) is 0. The molecule has 0 aliphatic heterocycles. The molecule has 90 valence electrons. The van der Waals surface area contributed by atoms with Crippen molar-refractivity contribution in [3.05, 3.63) is 35.9 Å².